The van der Waals surface area contributed by atoms with Gasteiger partial charge < -0.3 is 20.3 Å². The molecule has 3 aromatic carbocycles. The van der Waals surface area contributed by atoms with E-state index in [1.54, 1.807) is 0 Å². The number of phenols is 2. The molecule has 19 nitrogen and oxygen atoms in total. The molecule has 0 aliphatic carbocycles. The van der Waals surface area contributed by atoms with Gasteiger partial charge in [0.2, 0.25) is 5.91 Å². The summed E-state index contributed by atoms with van der Waals surface area (Å²) in [4.78, 5) is 9.10. The Kier molecular flexibility index (Phi) is 19.5. The summed E-state index contributed by atoms with van der Waals surface area (Å²) in [6.07, 6.45) is 0. The second-order valence-corrected chi connectivity index (χ2v) is 14.5. The Morgan fingerprint density at radius 3 is 1.90 bits per heavy atom. The number of aromatic hydroxyl groups is 2. The van der Waals surface area contributed by atoms with Gasteiger partial charge in [-0.2, -0.15) is 25.3 Å². The summed E-state index contributed by atoms with van der Waals surface area (Å²) in [7, 11) is -18.5. The van der Waals surface area contributed by atoms with Crippen LogP contribution in [0.4, 0.5) is 17.1 Å². The Morgan fingerprint density at radius 2 is 1.42 bits per heavy atom. The molecule has 6 N–H and O–H groups in total. The van der Waals surface area contributed by atoms with E-state index in [2.05, 4.69) is 19.7 Å². The fourth-order valence-electron chi connectivity index (χ4n) is 3.67. The average molecular weight is 832 g/mol. The number of sulfone groups is 1. The fraction of sp³-hybridized carbons (Fsp3) is 0.190. The van der Waals surface area contributed by atoms with Gasteiger partial charge in [0.15, 0.2) is 15.6 Å². The number of hydrogen-bond acceptors (Lipinski definition) is 15. The number of nitrogens with zero attached hydrogens (tertiary/aromatic N) is 2. The van der Waals surface area contributed by atoms with Crippen molar-refractivity contribution in [3.8, 4) is 17.2 Å². The molecule has 3 aromatic rings. The van der Waals surface area contributed by atoms with E-state index >= 15 is 0 Å². The predicted molar refractivity (Wildman–Crippen MR) is 148 cm³/mol. The number of rotatable bonds is 11. The van der Waals surface area contributed by atoms with Gasteiger partial charge in [0.1, 0.15) is 32.7 Å². The number of fused-ring (bicyclic) bond motifs is 1. The standard InChI is InChI=1S/C21H21N3O16S4.Cu.3Na/c1-10(25)22-14-7-12(42(30,31)32)5-11-6-18(43(33,34)35)20(21(27)19(11)14)24-23-13-8-16(39-2)17(9-15(13)26)41(28,29)4-3-40-44(36,37)38;;;;/h5-9,26-27H,3-4H2,1-2H3,(H,22,25)(H,30,31,32)(H,33,34,35)(H,36,37,38);;;;/q;;3*+1. The van der Waals surface area contributed by atoms with Crippen molar-refractivity contribution in [1.82, 2.24) is 0 Å². The van der Waals surface area contributed by atoms with Crippen LogP contribution in [0.15, 0.2) is 55.2 Å². The molecule has 27 heteroatoms. The summed E-state index contributed by atoms with van der Waals surface area (Å²) in [6.45, 7) is 0.0101. The molecule has 1 radical (unpaired) electrons. The number of benzene rings is 3. The van der Waals surface area contributed by atoms with Crippen LogP contribution in [0, 0.1) is 0 Å². The SMILES string of the molecule is COc1cc(N=Nc2c(S(=O)(=O)O)cc3cc(S(=O)(=O)O)cc(NC(C)=O)c3c2O)c(O)cc1S(=O)(=O)CCOS(=O)(=O)O.[Cu].[Na+].[Na+].[Na+]. The zero-order valence-corrected chi connectivity index (χ0v) is 35.6. The van der Waals surface area contributed by atoms with Crippen LogP contribution < -0.4 is 98.7 Å². The first-order valence-electron chi connectivity index (χ1n) is 11.3. The third-order valence-corrected chi connectivity index (χ3v) is 9.30. The van der Waals surface area contributed by atoms with Crippen LogP contribution >= 0.6 is 0 Å². The maximum Gasteiger partial charge on any atom is 1.00 e. The summed E-state index contributed by atoms with van der Waals surface area (Å²) < 4.78 is 131. The van der Waals surface area contributed by atoms with Gasteiger partial charge in [-0.1, -0.05) is 0 Å². The molecule has 0 aromatic heterocycles. The second-order valence-electron chi connectivity index (χ2n) is 8.53. The van der Waals surface area contributed by atoms with E-state index in [0.717, 1.165) is 32.2 Å². The third-order valence-electron chi connectivity index (χ3n) is 5.45. The number of azo groups is 1. The zero-order valence-electron chi connectivity index (χ0n) is 25.4. The molecule has 251 valence electrons. The second kappa shape index (κ2) is 18.9. The molecule has 0 aliphatic rings. The predicted octanol–water partition coefficient (Wildman–Crippen LogP) is -7.27. The Hall–Kier alpha value is -0.451. The number of carbonyl (C=O) groups is 1. The van der Waals surface area contributed by atoms with Crippen molar-refractivity contribution >= 4 is 74.2 Å². The van der Waals surface area contributed by atoms with E-state index in [0.29, 0.717) is 12.1 Å². The van der Waals surface area contributed by atoms with E-state index in [1.807, 2.05) is 0 Å². The van der Waals surface area contributed by atoms with Crippen LogP contribution in [0.25, 0.3) is 10.8 Å². The minimum atomic E-state index is -5.26. The number of nitrogens with one attached hydrogen (secondary N) is 1. The van der Waals surface area contributed by atoms with Crippen LogP contribution in [0.1, 0.15) is 6.92 Å². The zero-order chi connectivity index (χ0) is 33.4. The Morgan fingerprint density at radius 1 is 0.833 bits per heavy atom. The van der Waals surface area contributed by atoms with Gasteiger partial charge in [0, 0.05) is 41.5 Å². The van der Waals surface area contributed by atoms with E-state index in [1.165, 1.54) is 0 Å². The molecule has 0 saturated carbocycles. The van der Waals surface area contributed by atoms with Crippen LogP contribution in [-0.4, -0.2) is 82.9 Å². The first-order valence-corrected chi connectivity index (χ1v) is 17.2. The average Bonchev–Trinajstić information content (AvgIpc) is 2.85. The van der Waals surface area contributed by atoms with Gasteiger partial charge >= 0.3 is 99.1 Å². The van der Waals surface area contributed by atoms with Crippen LogP contribution in [0.3, 0.4) is 0 Å². The molecule has 3 rings (SSSR count). The molecule has 0 saturated heterocycles. The smallest absolute Gasteiger partial charge is 0.506 e. The van der Waals surface area contributed by atoms with Crippen molar-refractivity contribution in [3.05, 3.63) is 30.3 Å². The van der Waals surface area contributed by atoms with Crippen molar-refractivity contribution in [3.63, 3.8) is 0 Å². The first kappa shape index (κ1) is 49.7. The topological polar surface area (TPSA) is 310 Å². The minimum Gasteiger partial charge on any atom is -0.506 e. The molecule has 0 bridgehead atoms. The number of methoxy groups -OCH3 is 1. The van der Waals surface area contributed by atoms with E-state index < -0.39 is 119 Å². The van der Waals surface area contributed by atoms with Gasteiger partial charge in [-0.3, -0.25) is 18.5 Å². The van der Waals surface area contributed by atoms with Gasteiger partial charge in [0.25, 0.3) is 20.2 Å². The summed E-state index contributed by atoms with van der Waals surface area (Å²) in [6, 6.07) is 3.53. The Bertz CT molecular complexity index is 2170. The molecular weight excluding hydrogens is 811 g/mol. The Labute approximate surface area is 351 Å². The van der Waals surface area contributed by atoms with E-state index in [-0.39, 0.29) is 106 Å². The normalized spacial score (nSPS) is 11.9. The molecule has 0 heterocycles. The monoisotopic (exact) mass is 831 g/mol. The summed E-state index contributed by atoms with van der Waals surface area (Å²) in [5, 5.41) is 30.0. The molecule has 48 heavy (non-hydrogen) atoms. The summed E-state index contributed by atoms with van der Waals surface area (Å²) >= 11 is 0. The molecule has 1 amide bonds. The van der Waals surface area contributed by atoms with E-state index in [9.17, 15) is 57.8 Å². The molecule has 0 fully saturated rings. The van der Waals surface area contributed by atoms with Crippen molar-refractivity contribution in [2.75, 3.05) is 24.8 Å². The molecular formula is C21H21CuN3Na3O16S4+3. The first-order chi connectivity index (χ1) is 20.0. The fourth-order valence-corrected chi connectivity index (χ4v) is 6.54. The third kappa shape index (κ3) is 12.6. The van der Waals surface area contributed by atoms with Crippen LogP contribution in [-0.2, 0) is 66.5 Å². The molecule has 0 atom stereocenters. The number of carbonyl (C=O) groups excluding carboxylic acids is 1. The number of phenolic OH excluding ortho intramolecular Hbond substituents is 2. The largest absolute Gasteiger partial charge is 1.00 e. The van der Waals surface area contributed by atoms with Gasteiger partial charge in [-0.05, 0) is 23.6 Å². The summed E-state index contributed by atoms with van der Waals surface area (Å²) in [5.74, 6) is -4.24. The van der Waals surface area contributed by atoms with Crippen molar-refractivity contribution in [1.29, 1.82) is 0 Å². The van der Waals surface area contributed by atoms with E-state index in [4.69, 9.17) is 9.29 Å². The van der Waals surface area contributed by atoms with Crippen LogP contribution in [0.2, 0.25) is 0 Å². The van der Waals surface area contributed by atoms with Crippen LogP contribution in [0.5, 0.6) is 17.2 Å². The Balaban J connectivity index is 0. The van der Waals surface area contributed by atoms with Crippen molar-refractivity contribution in [2.45, 2.75) is 21.6 Å². The van der Waals surface area contributed by atoms with Crippen molar-refractivity contribution in [2.24, 2.45) is 10.2 Å². The van der Waals surface area contributed by atoms with Gasteiger partial charge in [-0.25, -0.2) is 12.6 Å². The van der Waals surface area contributed by atoms with Crippen molar-refractivity contribution < 1.29 is 177 Å². The molecule has 0 unspecified atom stereocenters. The maximum atomic E-state index is 12.6. The molecule has 0 aliphatic heterocycles. The number of ether oxygens (including phenoxy) is 1. The number of hydrogen-bond donors (Lipinski definition) is 6. The quantitative estimate of drug-likeness (QED) is 0.0594. The minimum absolute atomic E-state index is 0. The number of amides is 1. The molecule has 0 spiro atoms. The van der Waals surface area contributed by atoms with Gasteiger partial charge in [0.05, 0.1) is 30.1 Å². The number of anilines is 1. The maximum absolute atomic E-state index is 12.6. The summed E-state index contributed by atoms with van der Waals surface area (Å²) in [5.41, 5.74) is -2.00. The van der Waals surface area contributed by atoms with Gasteiger partial charge in [-0.15, -0.1) is 10.2 Å².